The fourth-order valence-electron chi connectivity index (χ4n) is 2.08. The van der Waals surface area contributed by atoms with Gasteiger partial charge in [0.25, 0.3) is 0 Å². The van der Waals surface area contributed by atoms with Crippen molar-refractivity contribution in [2.24, 2.45) is 5.73 Å². The number of nitrogens with two attached hydrogens (primary N) is 1. The maximum absolute atomic E-state index is 12.3. The van der Waals surface area contributed by atoms with Gasteiger partial charge < -0.3 is 23.6 Å². The molecule has 1 fully saturated rings. The fourth-order valence-corrected chi connectivity index (χ4v) is 2.08. The van der Waals surface area contributed by atoms with Crippen LogP contribution in [-0.2, 0) is 4.79 Å². The van der Waals surface area contributed by atoms with Crippen molar-refractivity contribution in [1.29, 1.82) is 0 Å². The van der Waals surface area contributed by atoms with Crippen molar-refractivity contribution in [1.82, 2.24) is 4.90 Å². The van der Waals surface area contributed by atoms with Crippen LogP contribution in [0, 0.1) is 0 Å². The Morgan fingerprint density at radius 1 is 1.31 bits per heavy atom. The molecule has 0 saturated heterocycles. The van der Waals surface area contributed by atoms with Gasteiger partial charge in [-0.1, -0.05) is 12.8 Å². The first-order valence-electron chi connectivity index (χ1n) is 5.12. The van der Waals surface area contributed by atoms with Gasteiger partial charge in [0.05, 0.1) is 6.54 Å². The topological polar surface area (TPSA) is 46.3 Å². The first-order valence-corrected chi connectivity index (χ1v) is 5.12. The van der Waals surface area contributed by atoms with E-state index in [-0.39, 0.29) is 64.0 Å². The Bertz CT molecular complexity index is 234. The van der Waals surface area contributed by atoms with Crippen LogP contribution in [-0.4, -0.2) is 36.8 Å². The van der Waals surface area contributed by atoms with Crippen molar-refractivity contribution in [3.8, 4) is 0 Å². The molecule has 1 aliphatic rings. The van der Waals surface area contributed by atoms with Crippen LogP contribution in [0.15, 0.2) is 0 Å². The van der Waals surface area contributed by atoms with E-state index >= 15 is 0 Å². The summed E-state index contributed by atoms with van der Waals surface area (Å²) in [6, 6.07) is -0.124. The van der Waals surface area contributed by atoms with E-state index in [0.717, 1.165) is 25.7 Å². The molecular formula is C8H15BF3KN2O. The minimum absolute atomic E-state index is 0. The van der Waals surface area contributed by atoms with Gasteiger partial charge in [-0.3, -0.25) is 4.79 Å². The smallest absolute Gasteiger partial charge is 0.448 e. The van der Waals surface area contributed by atoms with E-state index in [1.807, 2.05) is 0 Å². The molecule has 3 nitrogen and oxygen atoms in total. The van der Waals surface area contributed by atoms with Gasteiger partial charge in [0.2, 0.25) is 5.91 Å². The summed E-state index contributed by atoms with van der Waals surface area (Å²) in [5.41, 5.74) is 4.94. The van der Waals surface area contributed by atoms with E-state index in [4.69, 9.17) is 5.73 Å². The van der Waals surface area contributed by atoms with E-state index in [9.17, 15) is 17.7 Å². The molecule has 0 aromatic rings. The molecule has 8 heteroatoms. The SMILES string of the molecule is NC(=O)CN(C[B-](F)(F)F)C1CCCC1.[K+]. The Balaban J connectivity index is 0.00000225. The second-order valence-electron chi connectivity index (χ2n) is 4.04. The predicted octanol–water partition coefficient (Wildman–Crippen LogP) is -1.89. The number of nitrogens with zero attached hydrogens (tertiary/aromatic N) is 1. The molecule has 0 bridgehead atoms. The number of primary amides is 1. The number of hydrogen-bond donors (Lipinski definition) is 1. The molecule has 16 heavy (non-hydrogen) atoms. The van der Waals surface area contributed by atoms with Crippen molar-refractivity contribution < 1.29 is 69.1 Å². The van der Waals surface area contributed by atoms with E-state index in [1.54, 1.807) is 0 Å². The van der Waals surface area contributed by atoms with Gasteiger partial charge in [-0.05, 0) is 19.3 Å². The number of carbonyl (C=O) groups excluding carboxylic acids is 1. The summed E-state index contributed by atoms with van der Waals surface area (Å²) in [4.78, 5) is 11.8. The Kier molecular flexibility index (Phi) is 7.80. The average Bonchev–Trinajstić information content (AvgIpc) is 2.50. The van der Waals surface area contributed by atoms with Crippen molar-refractivity contribution in [3.63, 3.8) is 0 Å². The first-order chi connectivity index (χ1) is 6.88. The summed E-state index contributed by atoms with van der Waals surface area (Å²) < 4.78 is 36.8. The standard InChI is InChI=1S/C8H15BF3N2O.K/c10-9(11,12)6-14(5-8(13)15)7-3-1-2-4-7;/h7H,1-6H2,(H2,13,15);/q-1;+1. The second kappa shape index (κ2) is 7.38. The van der Waals surface area contributed by atoms with Crippen LogP contribution in [0.1, 0.15) is 25.7 Å². The van der Waals surface area contributed by atoms with Crippen molar-refractivity contribution in [2.45, 2.75) is 31.7 Å². The quantitative estimate of drug-likeness (QED) is 0.589. The number of halogens is 3. The van der Waals surface area contributed by atoms with Gasteiger partial charge in [-0.2, -0.15) is 0 Å². The molecule has 1 aliphatic carbocycles. The van der Waals surface area contributed by atoms with E-state index in [1.165, 1.54) is 4.90 Å². The molecule has 1 rings (SSSR count). The molecule has 0 spiro atoms. The van der Waals surface area contributed by atoms with E-state index in [2.05, 4.69) is 0 Å². The van der Waals surface area contributed by atoms with Gasteiger partial charge in [-0.25, -0.2) is 0 Å². The third kappa shape index (κ3) is 6.61. The largest absolute Gasteiger partial charge is 1.00 e. The number of amides is 1. The molecule has 0 aromatic heterocycles. The van der Waals surface area contributed by atoms with Crippen molar-refractivity contribution in [3.05, 3.63) is 0 Å². The molecular weight excluding hydrogens is 247 g/mol. The molecule has 1 saturated carbocycles. The summed E-state index contributed by atoms with van der Waals surface area (Å²) >= 11 is 0. The van der Waals surface area contributed by atoms with Gasteiger partial charge in [-0.15, -0.1) is 0 Å². The molecule has 0 aromatic carbocycles. The van der Waals surface area contributed by atoms with Crippen LogP contribution in [0.5, 0.6) is 0 Å². The Hall–Kier alpha value is 0.921. The zero-order chi connectivity index (χ0) is 11.5. The average molecular weight is 262 g/mol. The third-order valence-corrected chi connectivity index (χ3v) is 2.64. The Morgan fingerprint density at radius 3 is 2.19 bits per heavy atom. The third-order valence-electron chi connectivity index (χ3n) is 2.64. The summed E-state index contributed by atoms with van der Waals surface area (Å²) in [5.74, 6) is -0.693. The summed E-state index contributed by atoms with van der Waals surface area (Å²) in [6.07, 6.45) is 2.36. The maximum atomic E-state index is 12.3. The summed E-state index contributed by atoms with van der Waals surface area (Å²) in [7, 11) is 0. The van der Waals surface area contributed by atoms with Crippen LogP contribution >= 0.6 is 0 Å². The van der Waals surface area contributed by atoms with Gasteiger partial charge >= 0.3 is 58.4 Å². The first kappa shape index (κ1) is 16.9. The summed E-state index contributed by atoms with van der Waals surface area (Å²) in [6.45, 7) is -5.17. The van der Waals surface area contributed by atoms with Gasteiger partial charge in [0, 0.05) is 6.04 Å². The molecule has 0 radical (unpaired) electrons. The maximum Gasteiger partial charge on any atom is 1.00 e. The zero-order valence-corrected chi connectivity index (χ0v) is 12.6. The number of carbonyl (C=O) groups is 1. The minimum Gasteiger partial charge on any atom is -0.448 e. The molecule has 0 heterocycles. The van der Waals surface area contributed by atoms with Crippen LogP contribution < -0.4 is 57.1 Å². The number of rotatable bonds is 5. The molecule has 0 atom stereocenters. The molecule has 2 N–H and O–H groups in total. The number of hydrogen-bond acceptors (Lipinski definition) is 2. The van der Waals surface area contributed by atoms with Crippen LogP contribution in [0.3, 0.4) is 0 Å². The Morgan fingerprint density at radius 2 is 1.81 bits per heavy atom. The molecule has 0 unspecified atom stereocenters. The van der Waals surface area contributed by atoms with Crippen LogP contribution in [0.2, 0.25) is 0 Å². The van der Waals surface area contributed by atoms with E-state index < -0.39 is 19.3 Å². The monoisotopic (exact) mass is 262 g/mol. The minimum atomic E-state index is -4.88. The van der Waals surface area contributed by atoms with Crippen LogP contribution in [0.25, 0.3) is 0 Å². The summed E-state index contributed by atoms with van der Waals surface area (Å²) in [5, 5.41) is 0. The van der Waals surface area contributed by atoms with Crippen LogP contribution in [0.4, 0.5) is 12.9 Å². The fraction of sp³-hybridized carbons (Fsp3) is 0.875. The van der Waals surface area contributed by atoms with Gasteiger partial charge in [0.15, 0.2) is 0 Å². The van der Waals surface area contributed by atoms with E-state index in [0.29, 0.717) is 0 Å². The van der Waals surface area contributed by atoms with Gasteiger partial charge in [0.1, 0.15) is 0 Å². The molecule has 88 valence electrons. The predicted molar refractivity (Wildman–Crippen MR) is 52.1 cm³/mol. The van der Waals surface area contributed by atoms with Crippen molar-refractivity contribution in [2.75, 3.05) is 13.0 Å². The Labute approximate surface area is 136 Å². The molecule has 1 amide bonds. The zero-order valence-electron chi connectivity index (χ0n) is 9.46. The normalized spacial score (nSPS) is 17.5. The van der Waals surface area contributed by atoms with Crippen molar-refractivity contribution >= 4 is 12.9 Å². The molecule has 0 aliphatic heterocycles. The second-order valence-corrected chi connectivity index (χ2v) is 4.04.